The van der Waals surface area contributed by atoms with Crippen molar-refractivity contribution in [1.29, 1.82) is 0 Å². The molecule has 0 bridgehead atoms. The molecule has 0 aliphatic heterocycles. The van der Waals surface area contributed by atoms with Crippen molar-refractivity contribution in [2.75, 3.05) is 0 Å². The molecule has 0 radical (unpaired) electrons. The minimum atomic E-state index is -3.32. The molecule has 156 valence electrons. The standard InChI is InChI=1S/C17H15.C9H13.2CH3.H2Si.Zr/c1-12-7-9-15(13(2)11-12)17-10-8-14-5-3-4-6-16(14)17;1-6-5-7(2)9(4)8(6)3;;;;/h3-11H,1-2H3;6H,1-4H3;2*1H3;1H2;. The van der Waals surface area contributed by atoms with Crippen LogP contribution in [0.5, 0.6) is 0 Å². The van der Waals surface area contributed by atoms with Gasteiger partial charge in [-0.3, -0.25) is 0 Å². The van der Waals surface area contributed by atoms with Crippen LogP contribution in [0.2, 0.25) is 9.26 Å². The molecule has 4 rings (SSSR count). The normalized spacial score (nSPS) is 22.0. The molecule has 0 saturated carbocycles. The zero-order valence-electron chi connectivity index (χ0n) is 20.0. The first kappa shape index (κ1) is 22.0. The van der Waals surface area contributed by atoms with E-state index in [0.29, 0.717) is 9.54 Å². The van der Waals surface area contributed by atoms with Gasteiger partial charge in [-0.25, -0.2) is 0 Å². The molecule has 2 aliphatic carbocycles. The zero-order chi connectivity index (χ0) is 22.0. The van der Waals surface area contributed by atoms with E-state index in [1.807, 2.05) is 3.28 Å². The van der Waals surface area contributed by atoms with Crippen LogP contribution < -0.4 is 0 Å². The monoisotopic (exact) mass is 490 g/mol. The second kappa shape index (κ2) is 7.14. The fraction of sp³-hybridized carbons (Fsp3) is 0.357. The van der Waals surface area contributed by atoms with Gasteiger partial charge in [0, 0.05) is 0 Å². The number of benzene rings is 2. The zero-order valence-corrected chi connectivity index (χ0v) is 23.9. The Morgan fingerprint density at radius 1 is 0.833 bits per heavy atom. The number of fused-ring (bicyclic) bond motifs is 1. The summed E-state index contributed by atoms with van der Waals surface area (Å²) in [5.74, 6) is 0.592. The summed E-state index contributed by atoms with van der Waals surface area (Å²) in [4.78, 5) is 0. The molecule has 30 heavy (non-hydrogen) atoms. The molecule has 2 atom stereocenters. The number of hydrogen-bond acceptors (Lipinski definition) is 0. The second-order valence-corrected chi connectivity index (χ2v) is 40.4. The molecular formula is C28H36SiZr. The first-order valence-corrected chi connectivity index (χ1v) is 24.8. The van der Waals surface area contributed by atoms with Crippen LogP contribution in [0.15, 0.2) is 68.5 Å². The van der Waals surface area contributed by atoms with Crippen molar-refractivity contribution in [3.63, 3.8) is 0 Å². The SMILES string of the molecule is CC1=C(C)C(C)[C]([Zr]([CH3])([CH3])(=[SiH2])[CH]2C=C(c3ccc(C)cc3C)c3ccccc32)=C1C. The maximum atomic E-state index is 2.70. The van der Waals surface area contributed by atoms with E-state index in [4.69, 9.17) is 0 Å². The third kappa shape index (κ3) is 3.18. The minimum absolute atomic E-state index is 0.558. The Bertz CT molecular complexity index is 1230. The summed E-state index contributed by atoms with van der Waals surface area (Å²) in [6.07, 6.45) is 2.66. The van der Waals surface area contributed by atoms with Crippen LogP contribution in [0.1, 0.15) is 59.1 Å². The molecule has 0 amide bonds. The van der Waals surface area contributed by atoms with Gasteiger partial charge in [0.1, 0.15) is 0 Å². The Labute approximate surface area is 185 Å². The summed E-state index contributed by atoms with van der Waals surface area (Å²) in [5, 5.41) is 0. The van der Waals surface area contributed by atoms with Gasteiger partial charge in [0.25, 0.3) is 0 Å². The fourth-order valence-electron chi connectivity index (χ4n) is 6.33. The predicted octanol–water partition coefficient (Wildman–Crippen LogP) is 7.38. The third-order valence-corrected chi connectivity index (χ3v) is 25.4. The van der Waals surface area contributed by atoms with Gasteiger partial charge in [-0.15, -0.1) is 0 Å². The maximum absolute atomic E-state index is 3.32. The van der Waals surface area contributed by atoms with Crippen molar-refractivity contribution in [2.45, 2.75) is 54.4 Å². The predicted molar refractivity (Wildman–Crippen MR) is 133 cm³/mol. The molecule has 2 unspecified atom stereocenters. The molecule has 0 saturated heterocycles. The van der Waals surface area contributed by atoms with Gasteiger partial charge in [-0.2, -0.15) is 0 Å². The van der Waals surface area contributed by atoms with Crippen LogP contribution in [0.25, 0.3) is 5.57 Å². The van der Waals surface area contributed by atoms with Gasteiger partial charge < -0.3 is 0 Å². The Kier molecular flexibility index (Phi) is 5.23. The van der Waals surface area contributed by atoms with Crippen molar-refractivity contribution in [3.05, 3.63) is 96.4 Å². The van der Waals surface area contributed by atoms with Gasteiger partial charge in [0.15, 0.2) is 0 Å². The van der Waals surface area contributed by atoms with Gasteiger partial charge in [0.05, 0.1) is 0 Å². The molecule has 2 heteroatoms. The Morgan fingerprint density at radius 3 is 2.10 bits per heavy atom. The summed E-state index contributed by atoms with van der Waals surface area (Å²) in [6.45, 7) is 16.4. The average molecular weight is 492 g/mol. The van der Waals surface area contributed by atoms with Crippen molar-refractivity contribution >= 4 is 12.5 Å². The van der Waals surface area contributed by atoms with Crippen LogP contribution in [0.3, 0.4) is 0 Å². The van der Waals surface area contributed by atoms with Gasteiger partial charge >= 0.3 is 187 Å². The molecule has 2 aromatic carbocycles. The van der Waals surface area contributed by atoms with E-state index in [1.165, 1.54) is 33.4 Å². The number of hydrogen-bond donors (Lipinski definition) is 0. The number of aryl methyl sites for hydroxylation is 2. The molecule has 0 heterocycles. The van der Waals surface area contributed by atoms with Crippen molar-refractivity contribution in [3.8, 4) is 0 Å². The topological polar surface area (TPSA) is 0 Å². The van der Waals surface area contributed by atoms with E-state index < -0.39 is 17.4 Å². The molecule has 0 spiro atoms. The van der Waals surface area contributed by atoms with Crippen molar-refractivity contribution in [2.24, 2.45) is 5.92 Å². The number of rotatable bonds is 3. The summed E-state index contributed by atoms with van der Waals surface area (Å²) >= 11 is -3.32. The fourth-order valence-corrected chi connectivity index (χ4v) is 24.8. The van der Waals surface area contributed by atoms with Crippen LogP contribution in [0, 0.1) is 19.8 Å². The summed E-state index contributed by atoms with van der Waals surface area (Å²) in [5.41, 5.74) is 13.3. The van der Waals surface area contributed by atoms with E-state index in [0.717, 1.165) is 0 Å². The van der Waals surface area contributed by atoms with Gasteiger partial charge in [-0.05, 0) is 0 Å². The Balaban J connectivity index is 1.95. The first-order chi connectivity index (χ1) is 13.9. The number of allylic oxidation sites excluding steroid dienone is 5. The summed E-state index contributed by atoms with van der Waals surface area (Å²) in [7, 11) is 0. The van der Waals surface area contributed by atoms with Crippen molar-refractivity contribution < 1.29 is 17.4 Å². The van der Waals surface area contributed by atoms with Gasteiger partial charge in [0.2, 0.25) is 0 Å². The van der Waals surface area contributed by atoms with E-state index in [-0.39, 0.29) is 0 Å². The quantitative estimate of drug-likeness (QED) is 0.393. The Morgan fingerprint density at radius 2 is 1.50 bits per heavy atom. The molecular weight excluding hydrogens is 456 g/mol. The van der Waals surface area contributed by atoms with Crippen LogP contribution in [0.4, 0.5) is 0 Å². The van der Waals surface area contributed by atoms with E-state index >= 15 is 0 Å². The molecule has 2 aliphatic rings. The molecule has 0 fully saturated rings. The van der Waals surface area contributed by atoms with E-state index in [2.05, 4.69) is 106 Å². The summed E-state index contributed by atoms with van der Waals surface area (Å²) < 4.78 is 7.78. The molecule has 2 aromatic rings. The van der Waals surface area contributed by atoms with E-state index in [9.17, 15) is 0 Å². The van der Waals surface area contributed by atoms with Crippen LogP contribution in [-0.4, -0.2) is 6.88 Å². The Hall–Kier alpha value is -1.24. The first-order valence-electron chi connectivity index (χ1n) is 11.3. The van der Waals surface area contributed by atoms with Crippen LogP contribution >= 0.6 is 0 Å². The van der Waals surface area contributed by atoms with E-state index in [1.54, 1.807) is 16.7 Å². The molecule has 0 aromatic heterocycles. The third-order valence-electron chi connectivity index (χ3n) is 8.11. The average Bonchev–Trinajstić information content (AvgIpc) is 3.15. The van der Waals surface area contributed by atoms with Crippen molar-refractivity contribution in [1.82, 2.24) is 0 Å². The van der Waals surface area contributed by atoms with Crippen LogP contribution in [-0.2, 0) is 17.4 Å². The molecule has 0 N–H and O–H groups in total. The summed E-state index contributed by atoms with van der Waals surface area (Å²) in [6, 6.07) is 16.1. The van der Waals surface area contributed by atoms with Gasteiger partial charge in [-0.1, -0.05) is 0 Å². The molecule has 0 nitrogen and oxygen atoms in total. The second-order valence-electron chi connectivity index (χ2n) is 10.8.